The Hall–Kier alpha value is -0.790. The molecule has 0 aliphatic carbocycles. The summed E-state index contributed by atoms with van der Waals surface area (Å²) < 4.78 is 36.5. The van der Waals surface area contributed by atoms with Crippen LogP contribution in [0.1, 0.15) is 5.56 Å². The van der Waals surface area contributed by atoms with Crippen LogP contribution in [0.5, 0.6) is 5.75 Å². The second-order valence-corrected chi connectivity index (χ2v) is 2.46. The van der Waals surface area contributed by atoms with Gasteiger partial charge in [0.15, 0.2) is 0 Å². The van der Waals surface area contributed by atoms with E-state index >= 15 is 0 Å². The molecule has 1 rings (SSSR count). The van der Waals surface area contributed by atoms with Gasteiger partial charge in [0.2, 0.25) is 0 Å². The van der Waals surface area contributed by atoms with E-state index in [9.17, 15) is 23.3 Å². The maximum atomic E-state index is 12.2. The van der Waals surface area contributed by atoms with Gasteiger partial charge in [-0.3, -0.25) is 10.1 Å². The molecular formula is C7H4F3NNaO3. The Bertz CT molecular complexity index is 380. The molecule has 1 N–H and O–H groups in total. The van der Waals surface area contributed by atoms with Gasteiger partial charge in [-0.15, -0.1) is 0 Å². The third-order valence-electron chi connectivity index (χ3n) is 1.48. The van der Waals surface area contributed by atoms with Crippen LogP contribution >= 0.6 is 0 Å². The van der Waals surface area contributed by atoms with Gasteiger partial charge in [0.1, 0.15) is 11.3 Å². The van der Waals surface area contributed by atoms with Crippen LogP contribution in [0.25, 0.3) is 0 Å². The molecule has 0 aliphatic heterocycles. The molecule has 0 atom stereocenters. The van der Waals surface area contributed by atoms with E-state index in [1.54, 1.807) is 0 Å². The molecule has 1 aromatic carbocycles. The summed E-state index contributed by atoms with van der Waals surface area (Å²) in [7, 11) is 0. The first-order valence-electron chi connectivity index (χ1n) is 3.37. The van der Waals surface area contributed by atoms with Crippen molar-refractivity contribution in [2.45, 2.75) is 6.18 Å². The van der Waals surface area contributed by atoms with Crippen molar-refractivity contribution in [2.75, 3.05) is 0 Å². The molecule has 0 aromatic heterocycles. The van der Waals surface area contributed by atoms with Crippen molar-refractivity contribution < 1.29 is 23.2 Å². The monoisotopic (exact) mass is 230 g/mol. The number of halogens is 3. The predicted octanol–water partition coefficient (Wildman–Crippen LogP) is 1.94. The van der Waals surface area contributed by atoms with Crippen molar-refractivity contribution >= 4 is 35.2 Å². The SMILES string of the molecule is O=[N+]([O-])c1ccc(O)cc1C(F)(F)F.[Na]. The first kappa shape index (κ1) is 14.2. The van der Waals surface area contributed by atoms with Crippen LogP contribution in [-0.4, -0.2) is 39.6 Å². The summed E-state index contributed by atoms with van der Waals surface area (Å²) in [5.41, 5.74) is -2.53. The van der Waals surface area contributed by atoms with Crippen molar-refractivity contribution in [1.82, 2.24) is 0 Å². The second-order valence-electron chi connectivity index (χ2n) is 2.46. The normalized spacial score (nSPS) is 10.6. The number of alkyl halides is 3. The Morgan fingerprint density at radius 2 is 1.87 bits per heavy atom. The molecule has 1 radical (unpaired) electrons. The van der Waals surface area contributed by atoms with Crippen LogP contribution < -0.4 is 0 Å². The number of hydrogen-bond donors (Lipinski definition) is 1. The Kier molecular flexibility index (Phi) is 4.57. The van der Waals surface area contributed by atoms with Gasteiger partial charge >= 0.3 is 6.18 Å². The number of benzene rings is 1. The Morgan fingerprint density at radius 1 is 1.33 bits per heavy atom. The molecular weight excluding hydrogens is 226 g/mol. The van der Waals surface area contributed by atoms with Gasteiger partial charge in [-0.25, -0.2) is 0 Å². The van der Waals surface area contributed by atoms with E-state index in [0.717, 1.165) is 6.07 Å². The van der Waals surface area contributed by atoms with Crippen molar-refractivity contribution in [3.05, 3.63) is 33.9 Å². The van der Waals surface area contributed by atoms with Gasteiger partial charge in [0.05, 0.1) is 4.92 Å². The summed E-state index contributed by atoms with van der Waals surface area (Å²) in [6.07, 6.45) is -4.85. The Balaban J connectivity index is 0.00000196. The van der Waals surface area contributed by atoms with Crippen LogP contribution in [0.3, 0.4) is 0 Å². The molecule has 0 fully saturated rings. The number of phenols is 1. The van der Waals surface area contributed by atoms with Gasteiger partial charge < -0.3 is 5.11 Å². The third-order valence-corrected chi connectivity index (χ3v) is 1.48. The zero-order chi connectivity index (χ0) is 10.9. The molecule has 8 heteroatoms. The summed E-state index contributed by atoms with van der Waals surface area (Å²) in [5.74, 6) is -0.664. The molecule has 0 amide bonds. The quantitative estimate of drug-likeness (QED) is 0.455. The van der Waals surface area contributed by atoms with Crippen LogP contribution in [0.4, 0.5) is 18.9 Å². The van der Waals surface area contributed by atoms with Gasteiger partial charge in [0, 0.05) is 35.6 Å². The van der Waals surface area contributed by atoms with Crippen LogP contribution in [0.15, 0.2) is 18.2 Å². The standard InChI is InChI=1S/C7H4F3NO3.Na/c8-7(9,10)5-3-4(12)1-2-6(5)11(13)14;/h1-3,12H;. The fourth-order valence-corrected chi connectivity index (χ4v) is 0.910. The topological polar surface area (TPSA) is 63.4 Å². The van der Waals surface area contributed by atoms with Crippen molar-refractivity contribution in [3.8, 4) is 5.75 Å². The molecule has 0 bridgehead atoms. The fraction of sp³-hybridized carbons (Fsp3) is 0.143. The molecule has 4 nitrogen and oxygen atoms in total. The zero-order valence-corrected chi connectivity index (χ0v) is 9.58. The Morgan fingerprint density at radius 3 is 2.27 bits per heavy atom. The van der Waals surface area contributed by atoms with Gasteiger partial charge in [-0.1, -0.05) is 0 Å². The van der Waals surface area contributed by atoms with E-state index in [0.29, 0.717) is 12.1 Å². The molecule has 0 spiro atoms. The van der Waals surface area contributed by atoms with E-state index < -0.39 is 28.1 Å². The first-order valence-corrected chi connectivity index (χ1v) is 3.37. The van der Waals surface area contributed by atoms with Gasteiger partial charge in [0.25, 0.3) is 5.69 Å². The minimum atomic E-state index is -4.85. The summed E-state index contributed by atoms with van der Waals surface area (Å²) in [5, 5.41) is 19.0. The average Bonchev–Trinajstić information content (AvgIpc) is 2.01. The number of nitrogens with zero attached hydrogens (tertiary/aromatic N) is 1. The average molecular weight is 230 g/mol. The van der Waals surface area contributed by atoms with Gasteiger partial charge in [-0.05, 0) is 12.1 Å². The minimum Gasteiger partial charge on any atom is -0.508 e. The van der Waals surface area contributed by atoms with Crippen LogP contribution in [-0.2, 0) is 6.18 Å². The van der Waals surface area contributed by atoms with Gasteiger partial charge in [-0.2, -0.15) is 13.2 Å². The number of phenolic OH excluding ortho intramolecular Hbond substituents is 1. The summed E-state index contributed by atoms with van der Waals surface area (Å²) >= 11 is 0. The minimum absolute atomic E-state index is 0. The molecule has 1 aromatic rings. The van der Waals surface area contributed by atoms with E-state index in [-0.39, 0.29) is 29.6 Å². The van der Waals surface area contributed by atoms with E-state index in [2.05, 4.69) is 0 Å². The fourth-order valence-electron chi connectivity index (χ4n) is 0.910. The molecule has 0 saturated heterocycles. The second kappa shape index (κ2) is 4.82. The maximum absolute atomic E-state index is 12.2. The van der Waals surface area contributed by atoms with Crippen molar-refractivity contribution in [1.29, 1.82) is 0 Å². The summed E-state index contributed by atoms with van der Waals surface area (Å²) in [6.45, 7) is 0. The smallest absolute Gasteiger partial charge is 0.423 e. The summed E-state index contributed by atoms with van der Waals surface area (Å²) in [4.78, 5) is 9.05. The number of aromatic hydroxyl groups is 1. The van der Waals surface area contributed by atoms with E-state index in [1.165, 1.54) is 0 Å². The summed E-state index contributed by atoms with van der Waals surface area (Å²) in [6, 6.07) is 1.75. The zero-order valence-electron chi connectivity index (χ0n) is 7.58. The predicted molar refractivity (Wildman–Crippen MR) is 45.5 cm³/mol. The number of nitro benzene ring substituents is 1. The van der Waals surface area contributed by atoms with E-state index in [4.69, 9.17) is 5.11 Å². The molecule has 77 valence electrons. The molecule has 0 heterocycles. The van der Waals surface area contributed by atoms with Crippen LogP contribution in [0.2, 0.25) is 0 Å². The molecule has 0 saturated carbocycles. The number of nitro groups is 1. The molecule has 0 aliphatic rings. The Labute approximate surface area is 104 Å². The number of rotatable bonds is 1. The van der Waals surface area contributed by atoms with Crippen molar-refractivity contribution in [2.24, 2.45) is 0 Å². The largest absolute Gasteiger partial charge is 0.508 e. The first-order chi connectivity index (χ1) is 6.32. The molecule has 0 unspecified atom stereocenters. The van der Waals surface area contributed by atoms with Crippen molar-refractivity contribution in [3.63, 3.8) is 0 Å². The van der Waals surface area contributed by atoms with Crippen LogP contribution in [0, 0.1) is 10.1 Å². The maximum Gasteiger partial charge on any atom is 0.423 e. The number of hydrogen-bond acceptors (Lipinski definition) is 3. The molecule has 15 heavy (non-hydrogen) atoms. The van der Waals surface area contributed by atoms with E-state index in [1.807, 2.05) is 0 Å². The third kappa shape index (κ3) is 3.37.